The van der Waals surface area contributed by atoms with E-state index in [0.29, 0.717) is 27.3 Å². The number of nitrogens with one attached hydrogen (secondary N) is 1. The predicted octanol–water partition coefficient (Wildman–Crippen LogP) is 0.801. The zero-order valence-electron chi connectivity index (χ0n) is 16.2. The molecule has 2 aromatic heterocycles. The third-order valence-corrected chi connectivity index (χ3v) is 5.57. The Bertz CT molecular complexity index is 1220. The van der Waals surface area contributed by atoms with Crippen molar-refractivity contribution in [2.45, 2.75) is 32.4 Å². The molecule has 0 amide bonds. The van der Waals surface area contributed by atoms with E-state index in [4.69, 9.17) is 9.47 Å². The number of Topliss-reactive ketones (excluding diaryl/α,β-unsaturated/α-hetero) is 1. The van der Waals surface area contributed by atoms with Crippen LogP contribution in [0.5, 0.6) is 11.5 Å². The van der Waals surface area contributed by atoms with Crippen molar-refractivity contribution in [3.05, 3.63) is 56.0 Å². The number of rotatable bonds is 4. The third-order valence-electron chi connectivity index (χ3n) is 4.60. The molecule has 3 aromatic rings. The Balaban J connectivity index is 1.65. The van der Waals surface area contributed by atoms with Crippen molar-refractivity contribution >= 4 is 29.3 Å². The second-order valence-electron chi connectivity index (χ2n) is 7.28. The van der Waals surface area contributed by atoms with E-state index in [1.54, 1.807) is 19.9 Å². The summed E-state index contributed by atoms with van der Waals surface area (Å²) in [5.41, 5.74) is -0.347. The molecule has 3 heterocycles. The number of aromatic amines is 1. The van der Waals surface area contributed by atoms with Crippen LogP contribution in [-0.4, -0.2) is 38.2 Å². The minimum absolute atomic E-state index is 0.00914. The van der Waals surface area contributed by atoms with Gasteiger partial charge in [0.15, 0.2) is 17.3 Å². The highest BCUT2D eigenvalue weighted by atomic mass is 32.1. The summed E-state index contributed by atoms with van der Waals surface area (Å²) in [6.07, 6.45) is 6.06. The van der Waals surface area contributed by atoms with Crippen molar-refractivity contribution in [2.75, 3.05) is 6.61 Å². The van der Waals surface area contributed by atoms with Gasteiger partial charge in [0.1, 0.15) is 30.9 Å². The van der Waals surface area contributed by atoms with Crippen molar-refractivity contribution in [3.8, 4) is 11.5 Å². The Morgan fingerprint density at radius 1 is 1.38 bits per heavy atom. The molecule has 1 aliphatic rings. The lowest BCUT2D eigenvalue weighted by atomic mass is 10.00. The number of aromatic nitrogens is 4. The third kappa shape index (κ3) is 3.86. The topological polar surface area (TPSA) is 99.1 Å². The van der Waals surface area contributed by atoms with Crippen molar-refractivity contribution in [1.29, 1.82) is 0 Å². The number of carbonyl (C=O) groups excluding carboxylic acids is 1. The van der Waals surface area contributed by atoms with E-state index < -0.39 is 5.54 Å². The van der Waals surface area contributed by atoms with Crippen LogP contribution in [0.1, 0.15) is 26.3 Å². The highest BCUT2D eigenvalue weighted by molar-refractivity contribution is 7.07. The number of hydrogen-bond donors (Lipinski definition) is 1. The number of fused-ring (bicyclic) bond motifs is 1. The van der Waals surface area contributed by atoms with E-state index >= 15 is 0 Å². The minimum Gasteiger partial charge on any atom is -0.486 e. The average molecular weight is 412 g/mol. The van der Waals surface area contributed by atoms with E-state index in [1.807, 2.05) is 25.1 Å². The quantitative estimate of drug-likeness (QED) is 0.681. The van der Waals surface area contributed by atoms with Crippen LogP contribution in [-0.2, 0) is 10.3 Å². The molecule has 1 aliphatic heterocycles. The standard InChI is InChI=1S/C20H20N4O4S/c1-12-9-27-15-6-13(4-5-14(15)28-12)7-16-19(26)23-18(29-16)8-17(25)20(2,3)24-11-21-10-22-24/h4-8,10-12H,9H2,1-3H3,(H,23,26)/b16-7-,18-8+. The molecule has 0 saturated heterocycles. The van der Waals surface area contributed by atoms with Gasteiger partial charge in [0.25, 0.3) is 5.56 Å². The van der Waals surface area contributed by atoms with Gasteiger partial charge < -0.3 is 14.5 Å². The van der Waals surface area contributed by atoms with Gasteiger partial charge in [-0.2, -0.15) is 5.10 Å². The molecular formula is C20H20N4O4S. The van der Waals surface area contributed by atoms with Crippen LogP contribution in [0.25, 0.3) is 12.2 Å². The summed E-state index contributed by atoms with van der Waals surface area (Å²) in [4.78, 5) is 31.7. The molecule has 8 nitrogen and oxygen atoms in total. The fraction of sp³-hybridized carbons (Fsp3) is 0.300. The summed E-state index contributed by atoms with van der Waals surface area (Å²) >= 11 is 1.22. The number of carbonyl (C=O) groups is 1. The van der Waals surface area contributed by atoms with Gasteiger partial charge in [-0.1, -0.05) is 6.07 Å². The minimum atomic E-state index is -0.909. The first-order chi connectivity index (χ1) is 13.8. The Kier molecular flexibility index (Phi) is 4.83. The Morgan fingerprint density at radius 2 is 2.21 bits per heavy atom. The molecule has 29 heavy (non-hydrogen) atoms. The molecule has 1 unspecified atom stereocenters. The van der Waals surface area contributed by atoms with Crippen molar-refractivity contribution in [2.24, 2.45) is 0 Å². The maximum absolute atomic E-state index is 12.7. The molecule has 0 radical (unpaired) electrons. The summed E-state index contributed by atoms with van der Waals surface area (Å²) in [5, 5.41) is 4.04. The Morgan fingerprint density at radius 3 is 2.97 bits per heavy atom. The second-order valence-corrected chi connectivity index (χ2v) is 8.37. The lowest BCUT2D eigenvalue weighted by Gasteiger charge is -2.23. The van der Waals surface area contributed by atoms with Gasteiger partial charge in [0.05, 0.1) is 9.20 Å². The lowest BCUT2D eigenvalue weighted by Crippen LogP contribution is -2.36. The monoisotopic (exact) mass is 412 g/mol. The van der Waals surface area contributed by atoms with E-state index in [1.165, 1.54) is 34.7 Å². The first-order valence-corrected chi connectivity index (χ1v) is 9.90. The van der Waals surface area contributed by atoms with Crippen LogP contribution in [0.15, 0.2) is 35.6 Å². The summed E-state index contributed by atoms with van der Waals surface area (Å²) in [6.45, 7) is 5.92. The molecule has 1 N–H and O–H groups in total. The molecule has 150 valence electrons. The van der Waals surface area contributed by atoms with Crippen LogP contribution < -0.4 is 24.2 Å². The molecule has 0 spiro atoms. The molecule has 0 saturated carbocycles. The first kappa shape index (κ1) is 19.1. The van der Waals surface area contributed by atoms with E-state index in [0.717, 1.165) is 5.56 Å². The number of thiazole rings is 1. The molecule has 1 aromatic carbocycles. The number of hydrogen-bond acceptors (Lipinski definition) is 7. The molecular weight excluding hydrogens is 392 g/mol. The summed E-state index contributed by atoms with van der Waals surface area (Å²) in [7, 11) is 0. The van der Waals surface area contributed by atoms with Crippen LogP contribution in [0.3, 0.4) is 0 Å². The number of nitrogens with zero attached hydrogens (tertiary/aromatic N) is 3. The first-order valence-electron chi connectivity index (χ1n) is 9.08. The number of benzene rings is 1. The van der Waals surface area contributed by atoms with Gasteiger partial charge in [-0.15, -0.1) is 11.3 Å². The smallest absolute Gasteiger partial charge is 0.266 e. The normalized spacial score (nSPS) is 17.6. The zero-order chi connectivity index (χ0) is 20.6. The van der Waals surface area contributed by atoms with E-state index in [9.17, 15) is 9.59 Å². The van der Waals surface area contributed by atoms with Crippen LogP contribution in [0, 0.1) is 0 Å². The Hall–Kier alpha value is -3.20. The molecule has 0 aliphatic carbocycles. The number of H-pyrrole nitrogens is 1. The SMILES string of the molecule is CC1COc2cc(/C=c3\s/c(=C/C(=O)C(C)(C)n4cncn4)[nH]c3=O)ccc2O1. The lowest BCUT2D eigenvalue weighted by molar-refractivity contribution is -0.120. The molecule has 0 bridgehead atoms. The number of ether oxygens (including phenoxy) is 2. The maximum atomic E-state index is 12.7. The van der Waals surface area contributed by atoms with Crippen LogP contribution >= 0.6 is 11.3 Å². The zero-order valence-corrected chi connectivity index (χ0v) is 17.0. The predicted molar refractivity (Wildman–Crippen MR) is 109 cm³/mol. The Labute approximate surface area is 170 Å². The van der Waals surface area contributed by atoms with E-state index in [-0.39, 0.29) is 17.4 Å². The van der Waals surface area contributed by atoms with Gasteiger partial charge in [-0.25, -0.2) is 9.67 Å². The fourth-order valence-corrected chi connectivity index (χ4v) is 3.75. The molecule has 9 heteroatoms. The molecule has 1 atom stereocenters. The molecule has 4 rings (SSSR count). The van der Waals surface area contributed by atoms with Gasteiger partial charge in [-0.05, 0) is 44.5 Å². The van der Waals surface area contributed by atoms with Gasteiger partial charge in [0.2, 0.25) is 0 Å². The van der Waals surface area contributed by atoms with Gasteiger partial charge >= 0.3 is 0 Å². The van der Waals surface area contributed by atoms with Gasteiger partial charge in [0, 0.05) is 6.08 Å². The number of ketones is 1. The summed E-state index contributed by atoms with van der Waals surface area (Å²) in [6, 6.07) is 5.53. The summed E-state index contributed by atoms with van der Waals surface area (Å²) < 4.78 is 13.9. The largest absolute Gasteiger partial charge is 0.486 e. The summed E-state index contributed by atoms with van der Waals surface area (Å²) in [5.74, 6) is 1.15. The van der Waals surface area contributed by atoms with Crippen molar-refractivity contribution < 1.29 is 14.3 Å². The fourth-order valence-electron chi connectivity index (χ4n) is 2.86. The average Bonchev–Trinajstić information content (AvgIpc) is 3.33. The highest BCUT2D eigenvalue weighted by Gasteiger charge is 2.28. The van der Waals surface area contributed by atoms with Crippen LogP contribution in [0.2, 0.25) is 0 Å². The van der Waals surface area contributed by atoms with Crippen molar-refractivity contribution in [1.82, 2.24) is 19.7 Å². The van der Waals surface area contributed by atoms with Crippen molar-refractivity contribution in [3.63, 3.8) is 0 Å². The highest BCUT2D eigenvalue weighted by Crippen LogP contribution is 2.32. The second kappa shape index (κ2) is 7.32. The van der Waals surface area contributed by atoms with E-state index in [2.05, 4.69) is 15.1 Å². The van der Waals surface area contributed by atoms with Gasteiger partial charge in [-0.3, -0.25) is 9.59 Å². The van der Waals surface area contributed by atoms with Crippen LogP contribution in [0.4, 0.5) is 0 Å². The maximum Gasteiger partial charge on any atom is 0.266 e. The molecule has 0 fully saturated rings.